The van der Waals surface area contributed by atoms with Crippen LogP contribution in [0.4, 0.5) is 13.2 Å². The fourth-order valence-corrected chi connectivity index (χ4v) is 4.50. The average molecular weight is 450 g/mol. The number of aryl methyl sites for hydroxylation is 4. The van der Waals surface area contributed by atoms with Gasteiger partial charge < -0.3 is 9.52 Å². The van der Waals surface area contributed by atoms with Crippen LogP contribution in [0.1, 0.15) is 34.4 Å². The fraction of sp³-hybridized carbons (Fsp3) is 0.292. The third-order valence-corrected chi connectivity index (χ3v) is 6.04. The second kappa shape index (κ2) is 9.22. The smallest absolute Gasteiger partial charge is 0.416 e. The van der Waals surface area contributed by atoms with E-state index in [0.29, 0.717) is 24.4 Å². The quantitative estimate of drug-likeness (QED) is 0.272. The van der Waals surface area contributed by atoms with Crippen LogP contribution in [0.15, 0.2) is 51.8 Å². The molecule has 0 unspecified atom stereocenters. The Kier molecular flexibility index (Phi) is 6.84. The van der Waals surface area contributed by atoms with Gasteiger partial charge in [-0.25, -0.2) is 0 Å². The van der Waals surface area contributed by atoms with Gasteiger partial charge in [-0.05, 0) is 68.3 Å². The van der Waals surface area contributed by atoms with Crippen LogP contribution in [-0.4, -0.2) is 15.7 Å². The standard InChI is InChI=1S/C24H23F3O3S/c1-14-11-15(2)21(16(3)12-14)22-20(28)13-18(30-23(22)29)5-4-10-31-19-8-6-17(7-9-19)24(25,26)27/h6-9,11-13,29H,4-5,10H2,1-3H3/p+1. The number of hydrogen-bond acceptors (Lipinski definition) is 3. The van der Waals surface area contributed by atoms with Crippen molar-refractivity contribution < 1.29 is 27.5 Å². The molecule has 2 N–H and O–H groups in total. The summed E-state index contributed by atoms with van der Waals surface area (Å²) in [5, 5.41) is 10.4. The third-order valence-electron chi connectivity index (χ3n) is 4.94. The maximum atomic E-state index is 12.6. The lowest BCUT2D eigenvalue weighted by atomic mass is 9.94. The zero-order chi connectivity index (χ0) is 22.8. The lowest BCUT2D eigenvalue weighted by Crippen LogP contribution is -2.09. The monoisotopic (exact) mass is 449 g/mol. The molecule has 0 aliphatic carbocycles. The van der Waals surface area contributed by atoms with E-state index in [1.807, 2.05) is 32.9 Å². The van der Waals surface area contributed by atoms with E-state index in [2.05, 4.69) is 0 Å². The van der Waals surface area contributed by atoms with Gasteiger partial charge in [0.25, 0.3) is 5.95 Å². The van der Waals surface area contributed by atoms with Crippen molar-refractivity contribution in [1.29, 1.82) is 0 Å². The van der Waals surface area contributed by atoms with Crippen molar-refractivity contribution in [2.75, 3.05) is 5.75 Å². The van der Waals surface area contributed by atoms with Crippen LogP contribution >= 0.6 is 11.8 Å². The van der Waals surface area contributed by atoms with E-state index in [1.54, 1.807) is 0 Å². The SMILES string of the molecule is Cc1cc(C)c(-c2c(O)oc(CCCSc3ccc(C(F)(F)F)cc3)cc2=[OH+])c(C)c1. The van der Waals surface area contributed by atoms with E-state index >= 15 is 0 Å². The van der Waals surface area contributed by atoms with Crippen LogP contribution in [0.5, 0.6) is 5.95 Å². The summed E-state index contributed by atoms with van der Waals surface area (Å²) in [5.74, 6) is 0.759. The number of aromatic hydroxyl groups is 1. The second-order valence-electron chi connectivity index (χ2n) is 7.53. The van der Waals surface area contributed by atoms with Gasteiger partial charge in [0, 0.05) is 16.9 Å². The number of thioether (sulfide) groups is 1. The Hall–Kier alpha value is -2.67. The van der Waals surface area contributed by atoms with Gasteiger partial charge in [0.1, 0.15) is 5.76 Å². The molecule has 7 heteroatoms. The van der Waals surface area contributed by atoms with Gasteiger partial charge in [-0.3, -0.25) is 4.79 Å². The zero-order valence-corrected chi connectivity index (χ0v) is 18.3. The van der Waals surface area contributed by atoms with Gasteiger partial charge in [-0.2, -0.15) is 13.2 Å². The summed E-state index contributed by atoms with van der Waals surface area (Å²) in [6.07, 6.45) is -3.20. The normalized spacial score (nSPS) is 11.7. The molecule has 0 radical (unpaired) electrons. The van der Waals surface area contributed by atoms with E-state index in [4.69, 9.17) is 4.42 Å². The van der Waals surface area contributed by atoms with E-state index in [-0.39, 0.29) is 16.9 Å². The molecular formula is C24H24F3O3S+. The molecule has 0 amide bonds. The largest absolute Gasteiger partial charge is 0.480 e. The highest BCUT2D eigenvalue weighted by Crippen LogP contribution is 2.33. The zero-order valence-electron chi connectivity index (χ0n) is 17.5. The molecule has 0 saturated carbocycles. The van der Waals surface area contributed by atoms with E-state index < -0.39 is 11.7 Å². The summed E-state index contributed by atoms with van der Waals surface area (Å²) in [7, 11) is 0. The predicted molar refractivity (Wildman–Crippen MR) is 116 cm³/mol. The van der Waals surface area contributed by atoms with Gasteiger partial charge >= 0.3 is 11.6 Å². The first kappa shape index (κ1) is 23.0. The van der Waals surface area contributed by atoms with Crippen molar-refractivity contribution in [3.63, 3.8) is 0 Å². The van der Waals surface area contributed by atoms with Crippen molar-refractivity contribution in [2.45, 2.75) is 44.7 Å². The Morgan fingerprint density at radius 3 is 2.13 bits per heavy atom. The summed E-state index contributed by atoms with van der Waals surface area (Å²) in [6, 6.07) is 10.5. The van der Waals surface area contributed by atoms with Crippen LogP contribution in [0.2, 0.25) is 0 Å². The number of rotatable bonds is 6. The van der Waals surface area contributed by atoms with Crippen LogP contribution in [0.25, 0.3) is 11.1 Å². The minimum Gasteiger partial charge on any atom is -0.480 e. The van der Waals surface area contributed by atoms with Gasteiger partial charge in [-0.15, -0.1) is 11.8 Å². The topological polar surface area (TPSA) is 54.8 Å². The fourth-order valence-electron chi connectivity index (χ4n) is 3.65. The molecule has 1 heterocycles. The summed E-state index contributed by atoms with van der Waals surface area (Å²) in [6.45, 7) is 5.82. The van der Waals surface area contributed by atoms with Crippen molar-refractivity contribution in [1.82, 2.24) is 0 Å². The Labute approximate surface area is 182 Å². The molecule has 3 nitrogen and oxygen atoms in total. The minimum absolute atomic E-state index is 0.0517. The Morgan fingerprint density at radius 2 is 1.58 bits per heavy atom. The summed E-state index contributed by atoms with van der Waals surface area (Å²) >= 11 is 1.44. The molecule has 1 aromatic heterocycles. The van der Waals surface area contributed by atoms with Crippen molar-refractivity contribution >= 4 is 11.8 Å². The highest BCUT2D eigenvalue weighted by atomic mass is 32.2. The molecule has 164 valence electrons. The minimum atomic E-state index is -4.34. The van der Waals surface area contributed by atoms with Gasteiger partial charge in [0.2, 0.25) is 0 Å². The average Bonchev–Trinajstić information content (AvgIpc) is 2.66. The molecule has 2 aromatic carbocycles. The van der Waals surface area contributed by atoms with E-state index in [1.165, 1.54) is 30.0 Å². The molecule has 3 rings (SSSR count). The first-order valence-corrected chi connectivity index (χ1v) is 10.8. The molecule has 0 saturated heterocycles. The van der Waals surface area contributed by atoms with Gasteiger partial charge in [-0.1, -0.05) is 17.7 Å². The summed E-state index contributed by atoms with van der Waals surface area (Å²) in [4.78, 5) is 11.3. The molecule has 0 spiro atoms. The van der Waals surface area contributed by atoms with E-state index in [0.717, 1.165) is 39.3 Å². The van der Waals surface area contributed by atoms with Crippen LogP contribution < -0.4 is 5.43 Å². The summed E-state index contributed by atoms with van der Waals surface area (Å²) < 4.78 is 43.4. The molecule has 0 atom stereocenters. The molecule has 0 aliphatic heterocycles. The number of benzene rings is 2. The molecule has 0 fully saturated rings. The maximum Gasteiger partial charge on any atom is 0.416 e. The maximum absolute atomic E-state index is 12.6. The summed E-state index contributed by atoms with van der Waals surface area (Å²) in [5.41, 5.74) is 3.26. The number of halogens is 3. The molecule has 0 bridgehead atoms. The van der Waals surface area contributed by atoms with Crippen molar-refractivity contribution in [3.8, 4) is 17.1 Å². The highest BCUT2D eigenvalue weighted by Gasteiger charge is 2.29. The number of hydrogen-bond donors (Lipinski definition) is 1. The second-order valence-corrected chi connectivity index (χ2v) is 8.69. The van der Waals surface area contributed by atoms with Gasteiger partial charge in [0.15, 0.2) is 5.56 Å². The van der Waals surface area contributed by atoms with Crippen molar-refractivity contribution in [3.05, 3.63) is 75.9 Å². The molecule has 31 heavy (non-hydrogen) atoms. The highest BCUT2D eigenvalue weighted by molar-refractivity contribution is 7.99. The first-order chi connectivity index (χ1) is 14.6. The van der Waals surface area contributed by atoms with Crippen LogP contribution in [0, 0.1) is 20.8 Å². The van der Waals surface area contributed by atoms with E-state index in [9.17, 15) is 23.1 Å². The van der Waals surface area contributed by atoms with Crippen LogP contribution in [0.3, 0.4) is 0 Å². The lowest BCUT2D eigenvalue weighted by molar-refractivity contribution is -0.137. The van der Waals surface area contributed by atoms with Gasteiger partial charge in [0.05, 0.1) is 11.6 Å². The van der Waals surface area contributed by atoms with Crippen molar-refractivity contribution in [2.24, 2.45) is 0 Å². The number of alkyl halides is 3. The Balaban J connectivity index is 1.66. The predicted octanol–water partition coefficient (Wildman–Crippen LogP) is 6.33. The lowest BCUT2D eigenvalue weighted by Gasteiger charge is -2.11. The first-order valence-electron chi connectivity index (χ1n) is 9.82. The molecule has 3 aromatic rings. The molecule has 0 aliphatic rings. The third kappa shape index (κ3) is 5.53. The Bertz CT molecular complexity index is 1110. The molecular weight excluding hydrogens is 425 g/mol. The van der Waals surface area contributed by atoms with Crippen LogP contribution in [-0.2, 0) is 12.6 Å². The Morgan fingerprint density at radius 1 is 0.968 bits per heavy atom.